The molecule has 3 nitrogen and oxygen atoms in total. The van der Waals surface area contributed by atoms with Crippen LogP contribution in [0.1, 0.15) is 15.4 Å². The molecule has 0 saturated carbocycles. The summed E-state index contributed by atoms with van der Waals surface area (Å²) >= 11 is 7.12. The average Bonchev–Trinajstić information content (AvgIpc) is 2.93. The van der Waals surface area contributed by atoms with Crippen LogP contribution in [-0.4, -0.2) is 10.9 Å². The average molecular weight is 365 g/mol. The van der Waals surface area contributed by atoms with Gasteiger partial charge in [-0.05, 0) is 31.2 Å². The molecule has 0 unspecified atom stereocenters. The molecule has 0 saturated heterocycles. The van der Waals surface area contributed by atoms with E-state index in [1.165, 1.54) is 0 Å². The van der Waals surface area contributed by atoms with Gasteiger partial charge in [-0.3, -0.25) is 4.79 Å². The van der Waals surface area contributed by atoms with Gasteiger partial charge in [0.1, 0.15) is 21.5 Å². The van der Waals surface area contributed by atoms with Crippen LogP contribution in [0.3, 0.4) is 0 Å². The fourth-order valence-electron chi connectivity index (χ4n) is 2.12. The van der Waals surface area contributed by atoms with Crippen molar-refractivity contribution < 1.29 is 13.6 Å². The van der Waals surface area contributed by atoms with Crippen molar-refractivity contribution in [2.75, 3.05) is 5.32 Å². The number of nitrogens with one attached hydrogen (secondary N) is 1. The Morgan fingerprint density at radius 2 is 2.00 bits per heavy atom. The van der Waals surface area contributed by atoms with Gasteiger partial charge in [0.2, 0.25) is 0 Å². The van der Waals surface area contributed by atoms with Gasteiger partial charge in [-0.2, -0.15) is 0 Å². The number of thiazole rings is 1. The topological polar surface area (TPSA) is 42.0 Å². The Morgan fingerprint density at radius 3 is 2.75 bits per heavy atom. The van der Waals surface area contributed by atoms with Crippen LogP contribution >= 0.6 is 22.9 Å². The van der Waals surface area contributed by atoms with E-state index in [1.807, 2.05) is 6.07 Å². The van der Waals surface area contributed by atoms with Crippen molar-refractivity contribution in [1.29, 1.82) is 0 Å². The Hall–Kier alpha value is -2.31. The number of nitrogens with zero attached hydrogens (tertiary/aromatic N) is 1. The summed E-state index contributed by atoms with van der Waals surface area (Å²) in [5.41, 5.74) is 1.08. The molecule has 0 aliphatic rings. The number of benzene rings is 2. The molecule has 0 bridgehead atoms. The first kappa shape index (κ1) is 16.5. The van der Waals surface area contributed by atoms with E-state index in [0.717, 1.165) is 35.1 Å². The number of aryl methyl sites for hydroxylation is 1. The first-order valence-electron chi connectivity index (χ1n) is 6.94. The van der Waals surface area contributed by atoms with Crippen LogP contribution in [0, 0.1) is 18.6 Å². The maximum absolute atomic E-state index is 13.7. The van der Waals surface area contributed by atoms with Gasteiger partial charge in [-0.1, -0.05) is 23.7 Å². The van der Waals surface area contributed by atoms with Crippen molar-refractivity contribution in [3.63, 3.8) is 0 Å². The van der Waals surface area contributed by atoms with E-state index in [4.69, 9.17) is 11.6 Å². The van der Waals surface area contributed by atoms with Crippen LogP contribution in [0.4, 0.5) is 14.5 Å². The number of rotatable bonds is 3. The quantitative estimate of drug-likeness (QED) is 0.685. The zero-order valence-corrected chi connectivity index (χ0v) is 14.0. The molecular weight excluding hydrogens is 354 g/mol. The molecule has 0 aliphatic heterocycles. The number of aromatic nitrogens is 1. The highest BCUT2D eigenvalue weighted by molar-refractivity contribution is 7.17. The van der Waals surface area contributed by atoms with E-state index in [1.54, 1.807) is 25.1 Å². The molecule has 0 atom stereocenters. The van der Waals surface area contributed by atoms with E-state index in [2.05, 4.69) is 10.3 Å². The Bertz CT molecular complexity index is 927. The maximum atomic E-state index is 13.7. The van der Waals surface area contributed by atoms with Gasteiger partial charge in [0.05, 0.1) is 11.4 Å². The number of hydrogen-bond acceptors (Lipinski definition) is 3. The second-order valence-corrected chi connectivity index (χ2v) is 6.46. The number of anilines is 1. The lowest BCUT2D eigenvalue weighted by Crippen LogP contribution is -2.12. The molecule has 0 spiro atoms. The molecule has 24 heavy (non-hydrogen) atoms. The van der Waals surface area contributed by atoms with Gasteiger partial charge >= 0.3 is 0 Å². The third kappa shape index (κ3) is 3.44. The van der Waals surface area contributed by atoms with E-state index < -0.39 is 17.5 Å². The molecule has 1 N–H and O–H groups in total. The van der Waals surface area contributed by atoms with E-state index in [0.29, 0.717) is 20.6 Å². The smallest absolute Gasteiger partial charge is 0.267 e. The monoisotopic (exact) mass is 364 g/mol. The number of hydrogen-bond donors (Lipinski definition) is 1. The molecule has 3 aromatic rings. The van der Waals surface area contributed by atoms with Crippen LogP contribution < -0.4 is 5.32 Å². The molecule has 0 aliphatic carbocycles. The molecule has 1 amide bonds. The third-order valence-corrected chi connectivity index (χ3v) is 4.69. The highest BCUT2D eigenvalue weighted by atomic mass is 35.5. The van der Waals surface area contributed by atoms with Crippen LogP contribution in [0.15, 0.2) is 42.5 Å². The summed E-state index contributed by atoms with van der Waals surface area (Å²) in [6, 6.07) is 9.98. The van der Waals surface area contributed by atoms with Crippen molar-refractivity contribution >= 4 is 34.5 Å². The normalized spacial score (nSPS) is 10.7. The van der Waals surface area contributed by atoms with Crippen molar-refractivity contribution in [3.05, 3.63) is 69.7 Å². The van der Waals surface area contributed by atoms with Crippen molar-refractivity contribution in [1.82, 2.24) is 4.98 Å². The van der Waals surface area contributed by atoms with E-state index in [-0.39, 0.29) is 5.69 Å². The Kier molecular flexibility index (Phi) is 4.59. The summed E-state index contributed by atoms with van der Waals surface area (Å²) in [6.07, 6.45) is 0. The lowest BCUT2D eigenvalue weighted by Gasteiger charge is -2.05. The number of amides is 1. The van der Waals surface area contributed by atoms with Gasteiger partial charge in [0.25, 0.3) is 5.91 Å². The highest BCUT2D eigenvalue weighted by Gasteiger charge is 2.18. The Labute approximate surface area is 145 Å². The molecule has 3 rings (SSSR count). The fraction of sp³-hybridized carbons (Fsp3) is 0.0588. The second kappa shape index (κ2) is 6.67. The summed E-state index contributed by atoms with van der Waals surface area (Å²) in [5.74, 6) is -1.88. The van der Waals surface area contributed by atoms with Gasteiger partial charge in [0.15, 0.2) is 0 Å². The minimum Gasteiger partial charge on any atom is -0.319 e. The van der Waals surface area contributed by atoms with Crippen molar-refractivity contribution in [2.45, 2.75) is 6.92 Å². The maximum Gasteiger partial charge on any atom is 0.267 e. The summed E-state index contributed by atoms with van der Waals surface area (Å²) in [4.78, 5) is 17.0. The zero-order valence-electron chi connectivity index (χ0n) is 12.4. The van der Waals surface area contributed by atoms with Crippen LogP contribution in [0.5, 0.6) is 0 Å². The predicted molar refractivity (Wildman–Crippen MR) is 91.6 cm³/mol. The van der Waals surface area contributed by atoms with Gasteiger partial charge in [-0.15, -0.1) is 11.3 Å². The van der Waals surface area contributed by atoms with E-state index in [9.17, 15) is 13.6 Å². The summed E-state index contributed by atoms with van der Waals surface area (Å²) in [6.45, 7) is 1.68. The highest BCUT2D eigenvalue weighted by Crippen LogP contribution is 2.30. The SMILES string of the molecule is Cc1nc(-c2cccc(Cl)c2)sc1C(=O)Nc1cc(F)ccc1F. The van der Waals surface area contributed by atoms with Gasteiger partial charge in [-0.25, -0.2) is 13.8 Å². The van der Waals surface area contributed by atoms with E-state index >= 15 is 0 Å². The fourth-order valence-corrected chi connectivity index (χ4v) is 3.27. The van der Waals surface area contributed by atoms with Crippen molar-refractivity contribution in [2.24, 2.45) is 0 Å². The molecular formula is C17H11ClF2N2OS. The first-order valence-corrected chi connectivity index (χ1v) is 8.13. The zero-order chi connectivity index (χ0) is 17.3. The second-order valence-electron chi connectivity index (χ2n) is 5.02. The summed E-state index contributed by atoms with van der Waals surface area (Å²) in [7, 11) is 0. The Morgan fingerprint density at radius 1 is 1.21 bits per heavy atom. The lowest BCUT2D eigenvalue weighted by atomic mass is 10.2. The molecule has 1 heterocycles. The van der Waals surface area contributed by atoms with Crippen molar-refractivity contribution in [3.8, 4) is 10.6 Å². The minimum absolute atomic E-state index is 0.211. The van der Waals surface area contributed by atoms with Gasteiger partial charge in [0, 0.05) is 16.7 Å². The molecule has 0 fully saturated rings. The number of carbonyl (C=O) groups excluding carboxylic acids is 1. The lowest BCUT2D eigenvalue weighted by molar-refractivity contribution is 0.102. The number of carbonyl (C=O) groups is 1. The number of halogens is 3. The standard InChI is InChI=1S/C17H11ClF2N2OS/c1-9-15(16(23)22-14-8-12(19)5-6-13(14)20)24-17(21-9)10-3-2-4-11(18)7-10/h2-8H,1H3,(H,22,23). The summed E-state index contributed by atoms with van der Waals surface area (Å²) in [5, 5.41) is 3.56. The first-order chi connectivity index (χ1) is 11.4. The third-order valence-electron chi connectivity index (χ3n) is 3.25. The van der Waals surface area contributed by atoms with Crippen LogP contribution in [0.2, 0.25) is 5.02 Å². The molecule has 7 heteroatoms. The van der Waals surface area contributed by atoms with Crippen LogP contribution in [-0.2, 0) is 0 Å². The Balaban J connectivity index is 1.90. The van der Waals surface area contributed by atoms with Crippen LogP contribution in [0.25, 0.3) is 10.6 Å². The summed E-state index contributed by atoms with van der Waals surface area (Å²) < 4.78 is 26.9. The molecule has 0 radical (unpaired) electrons. The minimum atomic E-state index is -0.706. The molecule has 122 valence electrons. The molecule has 1 aromatic heterocycles. The molecule has 2 aromatic carbocycles. The van der Waals surface area contributed by atoms with Gasteiger partial charge < -0.3 is 5.32 Å². The predicted octanol–water partition coefficient (Wildman–Crippen LogP) is 5.30. The largest absolute Gasteiger partial charge is 0.319 e.